The lowest BCUT2D eigenvalue weighted by atomic mass is 10.1. The molecule has 1 aliphatic rings. The summed E-state index contributed by atoms with van der Waals surface area (Å²) in [5, 5.41) is -0.187. The van der Waals surface area contributed by atoms with Gasteiger partial charge in [0, 0.05) is 18.1 Å². The highest BCUT2D eigenvalue weighted by Gasteiger charge is 2.35. The molecule has 1 N–H and O–H groups in total. The van der Waals surface area contributed by atoms with Crippen LogP contribution in [0.25, 0.3) is 0 Å². The Morgan fingerprint density at radius 1 is 1.13 bits per heavy atom. The molecule has 1 heterocycles. The smallest absolute Gasteiger partial charge is 0.418 e. The zero-order valence-corrected chi connectivity index (χ0v) is 17.4. The van der Waals surface area contributed by atoms with Gasteiger partial charge in [-0.05, 0) is 49.2 Å². The van der Waals surface area contributed by atoms with Crippen molar-refractivity contribution in [3.8, 4) is 5.75 Å². The van der Waals surface area contributed by atoms with Gasteiger partial charge in [0.1, 0.15) is 5.75 Å². The molecule has 0 saturated carbocycles. The van der Waals surface area contributed by atoms with E-state index in [-0.39, 0.29) is 21.2 Å². The molecular formula is C19H18ClF3N2O4S. The molecule has 1 saturated heterocycles. The fourth-order valence-corrected chi connectivity index (χ4v) is 4.43. The predicted molar refractivity (Wildman–Crippen MR) is 105 cm³/mol. The zero-order valence-electron chi connectivity index (χ0n) is 15.8. The summed E-state index contributed by atoms with van der Waals surface area (Å²) in [5.41, 5.74) is -1.87. The second-order valence-electron chi connectivity index (χ2n) is 6.65. The Balaban J connectivity index is 1.99. The fraction of sp³-hybridized carbons (Fsp3) is 0.316. The summed E-state index contributed by atoms with van der Waals surface area (Å²) < 4.78 is 72.5. The quantitative estimate of drug-likeness (QED) is 0.714. The van der Waals surface area contributed by atoms with E-state index in [0.29, 0.717) is 19.2 Å². The zero-order chi connectivity index (χ0) is 22.1. The van der Waals surface area contributed by atoms with Gasteiger partial charge in [0.05, 0.1) is 28.8 Å². The van der Waals surface area contributed by atoms with Crippen molar-refractivity contribution in [2.24, 2.45) is 0 Å². The van der Waals surface area contributed by atoms with E-state index in [1.807, 2.05) is 4.72 Å². The average molecular weight is 463 g/mol. The number of carbonyl (C=O) groups is 1. The van der Waals surface area contributed by atoms with Gasteiger partial charge in [0.25, 0.3) is 15.9 Å². The first kappa shape index (κ1) is 22.2. The minimum absolute atomic E-state index is 0.0226. The minimum Gasteiger partial charge on any atom is -0.496 e. The number of anilines is 1. The van der Waals surface area contributed by atoms with Crippen molar-refractivity contribution < 1.29 is 31.1 Å². The number of nitrogens with one attached hydrogen (secondary N) is 1. The Morgan fingerprint density at radius 2 is 1.80 bits per heavy atom. The van der Waals surface area contributed by atoms with E-state index in [0.717, 1.165) is 37.1 Å². The first-order valence-electron chi connectivity index (χ1n) is 8.90. The Bertz CT molecular complexity index is 1070. The monoisotopic (exact) mass is 462 g/mol. The Hall–Kier alpha value is -2.46. The molecule has 0 aliphatic carbocycles. The van der Waals surface area contributed by atoms with E-state index in [4.69, 9.17) is 16.3 Å². The molecule has 6 nitrogen and oxygen atoms in total. The van der Waals surface area contributed by atoms with Crippen LogP contribution >= 0.6 is 11.6 Å². The average Bonchev–Trinajstić information content (AvgIpc) is 3.22. The highest BCUT2D eigenvalue weighted by molar-refractivity contribution is 7.92. The number of nitrogens with zero attached hydrogens (tertiary/aromatic N) is 1. The van der Waals surface area contributed by atoms with Gasteiger partial charge in [-0.1, -0.05) is 11.6 Å². The van der Waals surface area contributed by atoms with E-state index < -0.39 is 33.4 Å². The van der Waals surface area contributed by atoms with E-state index in [1.54, 1.807) is 4.90 Å². The van der Waals surface area contributed by atoms with Crippen LogP contribution in [0.1, 0.15) is 28.8 Å². The van der Waals surface area contributed by atoms with E-state index in [1.165, 1.54) is 13.2 Å². The number of amides is 1. The van der Waals surface area contributed by atoms with Crippen molar-refractivity contribution >= 4 is 33.2 Å². The molecule has 1 aliphatic heterocycles. The third kappa shape index (κ3) is 4.65. The van der Waals surface area contributed by atoms with Crippen molar-refractivity contribution in [2.45, 2.75) is 23.9 Å². The number of ether oxygens (including phenoxy) is 1. The molecule has 2 aromatic rings. The fourth-order valence-electron chi connectivity index (χ4n) is 3.16. The number of rotatable bonds is 5. The molecule has 162 valence electrons. The number of hydrogen-bond acceptors (Lipinski definition) is 4. The maximum absolute atomic E-state index is 13.3. The van der Waals surface area contributed by atoms with Crippen molar-refractivity contribution in [1.82, 2.24) is 4.90 Å². The maximum Gasteiger partial charge on any atom is 0.418 e. The molecule has 0 unspecified atom stereocenters. The van der Waals surface area contributed by atoms with Crippen LogP contribution in [0.15, 0.2) is 41.3 Å². The maximum atomic E-state index is 13.3. The van der Waals surface area contributed by atoms with Gasteiger partial charge in [0.2, 0.25) is 0 Å². The largest absolute Gasteiger partial charge is 0.496 e. The molecule has 2 aromatic carbocycles. The number of halogens is 4. The number of likely N-dealkylation sites (tertiary alicyclic amines) is 1. The van der Waals surface area contributed by atoms with Gasteiger partial charge in [-0.3, -0.25) is 9.52 Å². The second kappa shape index (κ2) is 8.35. The van der Waals surface area contributed by atoms with Gasteiger partial charge < -0.3 is 9.64 Å². The number of sulfonamides is 1. The summed E-state index contributed by atoms with van der Waals surface area (Å²) in [6.07, 6.45) is -3.14. The third-order valence-corrected chi connectivity index (χ3v) is 6.23. The summed E-state index contributed by atoms with van der Waals surface area (Å²) >= 11 is 5.63. The molecule has 1 fully saturated rings. The number of carbonyl (C=O) groups excluding carboxylic acids is 1. The number of methoxy groups -OCH3 is 1. The van der Waals surface area contributed by atoms with Gasteiger partial charge in [-0.2, -0.15) is 13.2 Å². The van der Waals surface area contributed by atoms with Crippen molar-refractivity contribution in [3.63, 3.8) is 0 Å². The van der Waals surface area contributed by atoms with Crippen LogP contribution in [0.2, 0.25) is 5.02 Å². The highest BCUT2D eigenvalue weighted by Crippen LogP contribution is 2.37. The Labute approximate surface area is 176 Å². The molecule has 11 heteroatoms. The Morgan fingerprint density at radius 3 is 2.40 bits per heavy atom. The molecule has 1 amide bonds. The summed E-state index contributed by atoms with van der Waals surface area (Å²) in [5.74, 6) is -0.225. The molecule has 0 aromatic heterocycles. The predicted octanol–water partition coefficient (Wildman–Crippen LogP) is 4.40. The number of alkyl halides is 3. The molecular weight excluding hydrogens is 445 g/mol. The molecule has 30 heavy (non-hydrogen) atoms. The van der Waals surface area contributed by atoms with E-state index in [9.17, 15) is 26.4 Å². The SMILES string of the molecule is COc1ccc(S(=O)(=O)Nc2ccc(Cl)cc2C(F)(F)F)cc1C(=O)N1CCCC1. The van der Waals surface area contributed by atoms with Crippen molar-refractivity contribution in [3.05, 3.63) is 52.5 Å². The lowest BCUT2D eigenvalue weighted by molar-refractivity contribution is -0.136. The highest BCUT2D eigenvalue weighted by atomic mass is 35.5. The number of hydrogen-bond donors (Lipinski definition) is 1. The molecule has 0 radical (unpaired) electrons. The van der Waals surface area contributed by atoms with Crippen molar-refractivity contribution in [1.29, 1.82) is 0 Å². The lowest BCUT2D eigenvalue weighted by Gasteiger charge is -2.19. The van der Waals surface area contributed by atoms with Gasteiger partial charge in [-0.15, -0.1) is 0 Å². The molecule has 0 atom stereocenters. The summed E-state index contributed by atoms with van der Waals surface area (Å²) in [7, 11) is -3.09. The van der Waals surface area contributed by atoms with Gasteiger partial charge in [-0.25, -0.2) is 8.42 Å². The van der Waals surface area contributed by atoms with Crippen molar-refractivity contribution in [2.75, 3.05) is 24.9 Å². The topological polar surface area (TPSA) is 75.7 Å². The van der Waals surface area contributed by atoms with Crippen LogP contribution in [0.4, 0.5) is 18.9 Å². The van der Waals surface area contributed by atoms with Crippen LogP contribution in [0.3, 0.4) is 0 Å². The van der Waals surface area contributed by atoms with Gasteiger partial charge in [0.15, 0.2) is 0 Å². The van der Waals surface area contributed by atoms with E-state index >= 15 is 0 Å². The molecule has 0 spiro atoms. The summed E-state index contributed by atoms with van der Waals surface area (Å²) in [6, 6.07) is 6.27. The first-order valence-corrected chi connectivity index (χ1v) is 10.8. The van der Waals surface area contributed by atoms with Crippen LogP contribution in [-0.2, 0) is 16.2 Å². The van der Waals surface area contributed by atoms with Crippen LogP contribution < -0.4 is 9.46 Å². The van der Waals surface area contributed by atoms with Crippen LogP contribution in [0, 0.1) is 0 Å². The van der Waals surface area contributed by atoms with Crippen LogP contribution in [0.5, 0.6) is 5.75 Å². The number of benzene rings is 2. The first-order chi connectivity index (χ1) is 14.0. The van der Waals surface area contributed by atoms with Gasteiger partial charge >= 0.3 is 6.18 Å². The van der Waals surface area contributed by atoms with Crippen LogP contribution in [-0.4, -0.2) is 39.4 Å². The standard InChI is InChI=1S/C19H18ClF3N2O4S/c1-29-17-7-5-13(11-14(17)18(26)25-8-2-3-9-25)30(27,28)24-16-6-4-12(20)10-15(16)19(21,22)23/h4-7,10-11,24H,2-3,8-9H2,1H3. The minimum atomic E-state index is -4.82. The molecule has 0 bridgehead atoms. The summed E-state index contributed by atoms with van der Waals surface area (Å²) in [6.45, 7) is 1.08. The third-order valence-electron chi connectivity index (χ3n) is 4.64. The lowest BCUT2D eigenvalue weighted by Crippen LogP contribution is -2.28. The van der Waals surface area contributed by atoms with E-state index in [2.05, 4.69) is 0 Å². The molecule has 3 rings (SSSR count). The Kier molecular flexibility index (Phi) is 6.19. The summed E-state index contributed by atoms with van der Waals surface area (Å²) in [4.78, 5) is 14.0. The second-order valence-corrected chi connectivity index (χ2v) is 8.77. The normalized spacial score (nSPS) is 14.6.